The number of nitrogens with zero attached hydrogens (tertiary/aromatic N) is 2. The maximum absolute atomic E-state index is 12.2. The van der Waals surface area contributed by atoms with Crippen LogP contribution in [0, 0.1) is 16.7 Å². The molecule has 0 saturated carbocycles. The smallest absolute Gasteiger partial charge is 0.255 e. The second-order valence-corrected chi connectivity index (χ2v) is 5.08. The van der Waals surface area contributed by atoms with Crippen molar-refractivity contribution in [1.29, 1.82) is 10.7 Å². The third-order valence-corrected chi connectivity index (χ3v) is 3.14. The largest absolute Gasteiger partial charge is 0.382 e. The van der Waals surface area contributed by atoms with E-state index in [1.54, 1.807) is 54.6 Å². The summed E-state index contributed by atoms with van der Waals surface area (Å²) in [4.78, 5) is 12.2. The van der Waals surface area contributed by atoms with Crippen LogP contribution in [0.3, 0.4) is 0 Å². The normalized spacial score (nSPS) is 10.6. The SMILES string of the molecule is N#C/C(=N\Nc1cccc(C(=O)Nc2ccc(Cl)cc2)c1)C(=N)N. The summed E-state index contributed by atoms with van der Waals surface area (Å²) in [5, 5.41) is 23.0. The average Bonchev–Trinajstić information content (AvgIpc) is 2.57. The minimum atomic E-state index is -0.443. The van der Waals surface area contributed by atoms with Crippen LogP contribution in [0.2, 0.25) is 5.02 Å². The molecule has 24 heavy (non-hydrogen) atoms. The molecule has 0 bridgehead atoms. The van der Waals surface area contributed by atoms with E-state index in [2.05, 4.69) is 15.8 Å². The monoisotopic (exact) mass is 340 g/mol. The zero-order valence-corrected chi connectivity index (χ0v) is 13.1. The number of nitrogens with one attached hydrogen (secondary N) is 3. The van der Waals surface area contributed by atoms with Crippen LogP contribution < -0.4 is 16.5 Å². The number of hydrogen-bond acceptors (Lipinski definition) is 5. The van der Waals surface area contributed by atoms with Crippen LogP contribution in [0.25, 0.3) is 0 Å². The molecule has 7 nitrogen and oxygen atoms in total. The summed E-state index contributed by atoms with van der Waals surface area (Å²) >= 11 is 5.80. The number of hydrazone groups is 1. The Bertz CT molecular complexity index is 838. The second kappa shape index (κ2) is 7.76. The Morgan fingerprint density at radius 2 is 1.92 bits per heavy atom. The number of amidine groups is 1. The maximum atomic E-state index is 12.2. The van der Waals surface area contributed by atoms with Crippen LogP contribution in [0.1, 0.15) is 10.4 Å². The van der Waals surface area contributed by atoms with Gasteiger partial charge in [0, 0.05) is 16.3 Å². The standard InChI is InChI=1S/C16H13ClN6O/c17-11-4-6-12(7-5-11)21-16(24)10-2-1-3-13(8-10)22-23-14(9-18)15(19)20/h1-8,22H,(H3,19,20)(H,21,24)/b23-14+. The Morgan fingerprint density at radius 3 is 2.54 bits per heavy atom. The lowest BCUT2D eigenvalue weighted by Gasteiger charge is -2.07. The Hall–Kier alpha value is -3.37. The zero-order valence-electron chi connectivity index (χ0n) is 12.4. The number of anilines is 2. The number of rotatable bonds is 5. The highest BCUT2D eigenvalue weighted by molar-refractivity contribution is 6.45. The van der Waals surface area contributed by atoms with Crippen molar-refractivity contribution in [3.05, 3.63) is 59.1 Å². The van der Waals surface area contributed by atoms with E-state index in [0.29, 0.717) is 22.0 Å². The van der Waals surface area contributed by atoms with Crippen molar-refractivity contribution in [3.63, 3.8) is 0 Å². The predicted molar refractivity (Wildman–Crippen MR) is 94.4 cm³/mol. The number of benzene rings is 2. The Balaban J connectivity index is 2.12. The van der Waals surface area contributed by atoms with Crippen LogP contribution >= 0.6 is 11.6 Å². The van der Waals surface area contributed by atoms with Crippen molar-refractivity contribution >= 4 is 40.4 Å². The van der Waals surface area contributed by atoms with Crippen molar-refractivity contribution in [2.45, 2.75) is 0 Å². The lowest BCUT2D eigenvalue weighted by Crippen LogP contribution is -2.21. The first-order valence-corrected chi connectivity index (χ1v) is 7.12. The molecule has 5 N–H and O–H groups in total. The molecule has 0 atom stereocenters. The number of nitrogens with two attached hydrogens (primary N) is 1. The summed E-state index contributed by atoms with van der Waals surface area (Å²) < 4.78 is 0. The predicted octanol–water partition coefficient (Wildman–Crippen LogP) is 2.82. The van der Waals surface area contributed by atoms with Gasteiger partial charge in [0.1, 0.15) is 6.07 Å². The molecule has 120 valence electrons. The van der Waals surface area contributed by atoms with E-state index in [1.165, 1.54) is 0 Å². The van der Waals surface area contributed by atoms with Gasteiger partial charge in [-0.05, 0) is 42.5 Å². The van der Waals surface area contributed by atoms with Gasteiger partial charge >= 0.3 is 0 Å². The molecule has 0 fully saturated rings. The number of carbonyl (C=O) groups excluding carboxylic acids is 1. The molecular weight excluding hydrogens is 328 g/mol. The van der Waals surface area contributed by atoms with Crippen molar-refractivity contribution in [3.8, 4) is 6.07 Å². The quantitative estimate of drug-likeness (QED) is 0.379. The van der Waals surface area contributed by atoms with Crippen molar-refractivity contribution in [1.82, 2.24) is 0 Å². The van der Waals surface area contributed by atoms with Gasteiger partial charge in [-0.3, -0.25) is 15.6 Å². The summed E-state index contributed by atoms with van der Waals surface area (Å²) in [6.45, 7) is 0. The minimum absolute atomic E-state index is 0.244. The fourth-order valence-corrected chi connectivity index (χ4v) is 1.86. The molecule has 0 unspecified atom stereocenters. The Morgan fingerprint density at radius 1 is 1.21 bits per heavy atom. The number of nitriles is 1. The van der Waals surface area contributed by atoms with Gasteiger partial charge in [-0.25, -0.2) is 0 Å². The first-order valence-electron chi connectivity index (χ1n) is 6.75. The van der Waals surface area contributed by atoms with E-state index in [1.807, 2.05) is 0 Å². The van der Waals surface area contributed by atoms with Gasteiger partial charge in [-0.1, -0.05) is 17.7 Å². The maximum Gasteiger partial charge on any atom is 0.255 e. The van der Waals surface area contributed by atoms with Crippen LogP contribution in [0.4, 0.5) is 11.4 Å². The van der Waals surface area contributed by atoms with E-state index in [0.717, 1.165) is 0 Å². The number of amides is 1. The topological polar surface area (TPSA) is 127 Å². The molecule has 0 aliphatic carbocycles. The van der Waals surface area contributed by atoms with Gasteiger partial charge in [0.2, 0.25) is 5.71 Å². The van der Waals surface area contributed by atoms with Gasteiger partial charge in [0.25, 0.3) is 5.91 Å². The molecule has 0 aliphatic heterocycles. The van der Waals surface area contributed by atoms with Crippen LogP contribution in [-0.4, -0.2) is 17.5 Å². The fraction of sp³-hybridized carbons (Fsp3) is 0. The van der Waals surface area contributed by atoms with E-state index >= 15 is 0 Å². The molecule has 0 aromatic heterocycles. The number of halogens is 1. The van der Waals surface area contributed by atoms with Crippen LogP contribution in [0.15, 0.2) is 53.6 Å². The van der Waals surface area contributed by atoms with E-state index in [-0.39, 0.29) is 11.6 Å². The van der Waals surface area contributed by atoms with Crippen molar-refractivity contribution in [2.24, 2.45) is 10.8 Å². The molecule has 2 aromatic carbocycles. The molecule has 0 saturated heterocycles. The first-order chi connectivity index (χ1) is 11.5. The highest BCUT2D eigenvalue weighted by Crippen LogP contribution is 2.16. The van der Waals surface area contributed by atoms with E-state index in [9.17, 15) is 4.79 Å². The minimum Gasteiger partial charge on any atom is -0.382 e. The summed E-state index contributed by atoms with van der Waals surface area (Å²) in [7, 11) is 0. The Kier molecular flexibility index (Phi) is 5.49. The summed E-state index contributed by atoms with van der Waals surface area (Å²) in [5.41, 5.74) is 9.04. The van der Waals surface area contributed by atoms with Crippen LogP contribution in [-0.2, 0) is 0 Å². The zero-order chi connectivity index (χ0) is 17.5. The van der Waals surface area contributed by atoms with Gasteiger partial charge in [0.05, 0.1) is 5.69 Å². The summed E-state index contributed by atoms with van der Waals surface area (Å²) in [6.07, 6.45) is 0. The molecule has 0 spiro atoms. The number of carbonyl (C=O) groups is 1. The summed E-state index contributed by atoms with van der Waals surface area (Å²) in [6, 6.07) is 15.0. The molecule has 2 aromatic rings. The average molecular weight is 341 g/mol. The molecule has 2 rings (SSSR count). The van der Waals surface area contributed by atoms with E-state index in [4.69, 9.17) is 28.0 Å². The second-order valence-electron chi connectivity index (χ2n) is 4.64. The Labute approximate surface area is 143 Å². The summed E-state index contributed by atoms with van der Waals surface area (Å²) in [5.74, 6) is -0.751. The number of hydrogen-bond donors (Lipinski definition) is 4. The highest BCUT2D eigenvalue weighted by atomic mass is 35.5. The first kappa shape index (κ1) is 17.0. The van der Waals surface area contributed by atoms with Gasteiger partial charge in [-0.2, -0.15) is 10.4 Å². The molecule has 0 aliphatic rings. The van der Waals surface area contributed by atoms with Gasteiger partial charge < -0.3 is 11.1 Å². The van der Waals surface area contributed by atoms with Gasteiger partial charge in [-0.15, -0.1) is 0 Å². The molecular formula is C16H13ClN6O. The molecule has 0 heterocycles. The third-order valence-electron chi connectivity index (χ3n) is 2.88. The van der Waals surface area contributed by atoms with Crippen molar-refractivity contribution in [2.75, 3.05) is 10.7 Å². The third kappa shape index (κ3) is 4.56. The molecule has 0 radical (unpaired) electrons. The molecule has 1 amide bonds. The molecule has 8 heteroatoms. The van der Waals surface area contributed by atoms with Gasteiger partial charge in [0.15, 0.2) is 5.84 Å². The lowest BCUT2D eigenvalue weighted by atomic mass is 10.2. The van der Waals surface area contributed by atoms with Crippen molar-refractivity contribution < 1.29 is 4.79 Å². The van der Waals surface area contributed by atoms with Crippen LogP contribution in [0.5, 0.6) is 0 Å². The fourth-order valence-electron chi connectivity index (χ4n) is 1.73. The highest BCUT2D eigenvalue weighted by Gasteiger charge is 2.07. The lowest BCUT2D eigenvalue weighted by molar-refractivity contribution is 0.102. The van der Waals surface area contributed by atoms with E-state index < -0.39 is 5.84 Å².